The van der Waals surface area contributed by atoms with Crippen LogP contribution >= 0.6 is 0 Å². The first-order valence-electron chi connectivity index (χ1n) is 7.21. The van der Waals surface area contributed by atoms with Crippen LogP contribution in [0.5, 0.6) is 0 Å². The summed E-state index contributed by atoms with van der Waals surface area (Å²) in [7, 11) is 0. The topological polar surface area (TPSA) is 62.5 Å². The number of fused-ring (bicyclic) bond motifs is 1. The van der Waals surface area contributed by atoms with Crippen molar-refractivity contribution in [3.8, 4) is 0 Å². The van der Waals surface area contributed by atoms with E-state index in [0.29, 0.717) is 17.3 Å². The van der Waals surface area contributed by atoms with E-state index in [-0.39, 0.29) is 17.2 Å². The van der Waals surface area contributed by atoms with Crippen LogP contribution in [-0.4, -0.2) is 39.7 Å². The van der Waals surface area contributed by atoms with E-state index in [4.69, 9.17) is 0 Å². The Balaban J connectivity index is 2.12. The Kier molecular flexibility index (Phi) is 3.17. The summed E-state index contributed by atoms with van der Waals surface area (Å²) in [6.45, 7) is 5.57. The zero-order chi connectivity index (χ0) is 14.4. The summed E-state index contributed by atoms with van der Waals surface area (Å²) in [5.74, 6) is -0.949. The van der Waals surface area contributed by atoms with Crippen LogP contribution in [0.2, 0.25) is 0 Å². The molecule has 0 radical (unpaired) electrons. The van der Waals surface area contributed by atoms with Crippen LogP contribution in [0.3, 0.4) is 0 Å². The molecule has 3 heterocycles. The maximum atomic E-state index is 12.4. The maximum Gasteiger partial charge on any atom is 0.337 e. The molecule has 2 atom stereocenters. The number of carbonyl (C=O) groups is 1. The molecule has 5 heteroatoms. The molecule has 0 saturated carbocycles. The van der Waals surface area contributed by atoms with Crippen molar-refractivity contribution in [1.29, 1.82) is 0 Å². The van der Waals surface area contributed by atoms with E-state index in [9.17, 15) is 14.7 Å². The Labute approximate surface area is 117 Å². The van der Waals surface area contributed by atoms with Gasteiger partial charge in [-0.05, 0) is 45.2 Å². The van der Waals surface area contributed by atoms with E-state index in [1.807, 2.05) is 0 Å². The van der Waals surface area contributed by atoms with E-state index in [0.717, 1.165) is 25.9 Å². The maximum absolute atomic E-state index is 12.4. The molecule has 0 aliphatic carbocycles. The molecule has 1 aromatic heterocycles. The lowest BCUT2D eigenvalue weighted by Crippen LogP contribution is -2.35. The highest BCUT2D eigenvalue weighted by Crippen LogP contribution is 2.36. The van der Waals surface area contributed by atoms with E-state index in [1.165, 1.54) is 12.5 Å². The molecule has 20 heavy (non-hydrogen) atoms. The van der Waals surface area contributed by atoms with Gasteiger partial charge in [-0.1, -0.05) is 0 Å². The normalized spacial score (nSPS) is 25.9. The van der Waals surface area contributed by atoms with E-state index < -0.39 is 5.97 Å². The smallest absolute Gasteiger partial charge is 0.337 e. The number of rotatable bonds is 2. The van der Waals surface area contributed by atoms with Crippen molar-refractivity contribution in [2.45, 2.75) is 45.2 Å². The predicted octanol–water partition coefficient (Wildman–Crippen LogP) is 1.57. The molecule has 2 fully saturated rings. The van der Waals surface area contributed by atoms with Gasteiger partial charge in [0.2, 0.25) is 0 Å². The third kappa shape index (κ3) is 1.88. The van der Waals surface area contributed by atoms with Gasteiger partial charge in [-0.25, -0.2) is 4.79 Å². The van der Waals surface area contributed by atoms with Crippen LogP contribution in [0.25, 0.3) is 0 Å². The first-order chi connectivity index (χ1) is 9.50. The first-order valence-corrected chi connectivity index (χ1v) is 7.21. The molecule has 108 valence electrons. The fourth-order valence-corrected chi connectivity index (χ4v) is 3.99. The average molecular weight is 276 g/mol. The summed E-state index contributed by atoms with van der Waals surface area (Å²) in [6, 6.07) is 1.99. The van der Waals surface area contributed by atoms with Crippen LogP contribution in [0, 0.1) is 13.8 Å². The van der Waals surface area contributed by atoms with Crippen LogP contribution in [0.15, 0.2) is 10.9 Å². The van der Waals surface area contributed by atoms with Crippen molar-refractivity contribution in [1.82, 2.24) is 9.47 Å². The Morgan fingerprint density at radius 2 is 2.00 bits per heavy atom. The number of aryl methyl sites for hydroxylation is 1. The predicted molar refractivity (Wildman–Crippen MR) is 75.4 cm³/mol. The minimum atomic E-state index is -0.949. The highest BCUT2D eigenvalue weighted by atomic mass is 16.4. The third-order valence-electron chi connectivity index (χ3n) is 4.81. The number of pyridine rings is 1. The number of hydrogen-bond donors (Lipinski definition) is 1. The Morgan fingerprint density at radius 3 is 2.70 bits per heavy atom. The molecule has 2 saturated heterocycles. The minimum absolute atomic E-state index is 0.0660. The highest BCUT2D eigenvalue weighted by Gasteiger charge is 2.39. The largest absolute Gasteiger partial charge is 0.478 e. The molecule has 2 aliphatic rings. The van der Waals surface area contributed by atoms with Gasteiger partial charge in [0.1, 0.15) is 0 Å². The molecular formula is C15H20N2O3. The quantitative estimate of drug-likeness (QED) is 0.890. The molecule has 3 rings (SSSR count). The van der Waals surface area contributed by atoms with Crippen molar-refractivity contribution in [3.05, 3.63) is 33.2 Å². The zero-order valence-corrected chi connectivity index (χ0v) is 11.9. The molecule has 1 aromatic rings. The molecule has 0 amide bonds. The van der Waals surface area contributed by atoms with E-state index >= 15 is 0 Å². The van der Waals surface area contributed by atoms with Crippen molar-refractivity contribution >= 4 is 5.97 Å². The molecule has 2 unspecified atom stereocenters. The minimum Gasteiger partial charge on any atom is -0.478 e. The molecule has 1 N–H and O–H groups in total. The second-order valence-corrected chi connectivity index (χ2v) is 5.90. The van der Waals surface area contributed by atoms with Gasteiger partial charge < -0.3 is 9.67 Å². The van der Waals surface area contributed by atoms with Gasteiger partial charge in [-0.3, -0.25) is 9.69 Å². The Morgan fingerprint density at radius 1 is 1.25 bits per heavy atom. The van der Waals surface area contributed by atoms with Crippen LogP contribution in [0.1, 0.15) is 46.9 Å². The lowest BCUT2D eigenvalue weighted by molar-refractivity contribution is 0.0693. The number of aromatic carboxylic acids is 1. The highest BCUT2D eigenvalue weighted by molar-refractivity contribution is 5.90. The van der Waals surface area contributed by atoms with Gasteiger partial charge in [-0.15, -0.1) is 0 Å². The van der Waals surface area contributed by atoms with Crippen molar-refractivity contribution in [2.75, 3.05) is 13.1 Å². The van der Waals surface area contributed by atoms with Crippen LogP contribution in [0.4, 0.5) is 0 Å². The molecule has 0 spiro atoms. The molecule has 2 aliphatic heterocycles. The third-order valence-corrected chi connectivity index (χ3v) is 4.81. The lowest BCUT2D eigenvalue weighted by atomic mass is 10.0. The molecule has 0 bridgehead atoms. The second kappa shape index (κ2) is 4.74. The second-order valence-electron chi connectivity index (χ2n) is 5.90. The zero-order valence-electron chi connectivity index (χ0n) is 11.9. The van der Waals surface area contributed by atoms with Gasteiger partial charge in [-0.2, -0.15) is 0 Å². The van der Waals surface area contributed by atoms with Crippen molar-refractivity contribution in [2.24, 2.45) is 0 Å². The number of aromatic nitrogens is 1. The lowest BCUT2D eigenvalue weighted by Gasteiger charge is -2.25. The summed E-state index contributed by atoms with van der Waals surface area (Å²) >= 11 is 0. The van der Waals surface area contributed by atoms with Gasteiger partial charge >= 0.3 is 5.97 Å². The fraction of sp³-hybridized carbons (Fsp3) is 0.600. The molecule has 0 aromatic carbocycles. The monoisotopic (exact) mass is 276 g/mol. The summed E-state index contributed by atoms with van der Waals surface area (Å²) < 4.78 is 1.73. The Hall–Kier alpha value is -1.62. The van der Waals surface area contributed by atoms with E-state index in [2.05, 4.69) is 4.90 Å². The summed E-state index contributed by atoms with van der Waals surface area (Å²) in [4.78, 5) is 26.2. The van der Waals surface area contributed by atoms with E-state index in [1.54, 1.807) is 18.4 Å². The van der Waals surface area contributed by atoms with Crippen LogP contribution in [-0.2, 0) is 0 Å². The standard InChI is InChI=1S/C15H20N2O3/c1-9-8-13(18)17(10(2)14(9)15(19)20)12-5-7-16-6-3-4-11(12)16/h8,11-12H,3-7H2,1-2H3,(H,19,20). The molecule has 5 nitrogen and oxygen atoms in total. The van der Waals surface area contributed by atoms with Gasteiger partial charge in [0.05, 0.1) is 11.6 Å². The average Bonchev–Trinajstić information content (AvgIpc) is 2.91. The Bertz CT molecular complexity index is 620. The number of hydrogen-bond acceptors (Lipinski definition) is 3. The van der Waals surface area contributed by atoms with Crippen molar-refractivity contribution < 1.29 is 9.90 Å². The first kappa shape index (κ1) is 13.4. The van der Waals surface area contributed by atoms with Gasteiger partial charge in [0.15, 0.2) is 0 Å². The SMILES string of the molecule is Cc1cc(=O)n(C2CCN3CCCC23)c(C)c1C(=O)O. The van der Waals surface area contributed by atoms with Gasteiger partial charge in [0.25, 0.3) is 5.56 Å². The number of carboxylic acid groups (broad SMARTS) is 1. The summed E-state index contributed by atoms with van der Waals surface area (Å²) in [5.41, 5.74) is 1.36. The fourth-order valence-electron chi connectivity index (χ4n) is 3.99. The van der Waals surface area contributed by atoms with Crippen molar-refractivity contribution in [3.63, 3.8) is 0 Å². The summed E-state index contributed by atoms with van der Waals surface area (Å²) in [6.07, 6.45) is 3.22. The molecular weight excluding hydrogens is 256 g/mol. The van der Waals surface area contributed by atoms with Gasteiger partial charge in [0, 0.05) is 24.3 Å². The summed E-state index contributed by atoms with van der Waals surface area (Å²) in [5, 5.41) is 9.37. The number of carboxylic acids is 1. The van der Waals surface area contributed by atoms with Crippen LogP contribution < -0.4 is 5.56 Å². The number of nitrogens with zero attached hydrogens (tertiary/aromatic N) is 2.